The van der Waals surface area contributed by atoms with Crippen LogP contribution in [0.1, 0.15) is 40.5 Å². The molecule has 0 heterocycles. The number of ether oxygens (including phenoxy) is 2. The molecule has 0 bridgehead atoms. The average molecular weight is 378 g/mol. The zero-order valence-corrected chi connectivity index (χ0v) is 15.7. The Morgan fingerprint density at radius 3 is 1.96 bits per heavy atom. The number of nitrogens with two attached hydrogens (primary N) is 2. The molecule has 5 atom stereocenters. The molecule has 0 amide bonds. The molecule has 0 spiro atoms. The average Bonchev–Trinajstić information content (AvgIpc) is 2.64. The molecule has 0 aromatic rings. The van der Waals surface area contributed by atoms with E-state index >= 15 is 0 Å². The molecule has 9 heteroatoms. The van der Waals surface area contributed by atoms with Gasteiger partial charge in [-0.3, -0.25) is 9.59 Å². The summed E-state index contributed by atoms with van der Waals surface area (Å²) in [5.74, 6) is -1.54. The Bertz CT molecular complexity index is 494. The molecule has 6 N–H and O–H groups in total. The van der Waals surface area contributed by atoms with Crippen molar-refractivity contribution >= 4 is 18.2 Å². The highest BCUT2D eigenvalue weighted by atomic mass is 16.6. The minimum Gasteiger partial charge on any atom is -0.462 e. The van der Waals surface area contributed by atoms with Gasteiger partial charge in [0, 0.05) is 0 Å². The molecule has 0 saturated carbocycles. The Morgan fingerprint density at radius 2 is 1.54 bits per heavy atom. The molecule has 26 heavy (non-hydrogen) atoms. The van der Waals surface area contributed by atoms with Gasteiger partial charge < -0.3 is 35.9 Å². The molecule has 0 aliphatic heterocycles. The minimum atomic E-state index is -1.84. The quantitative estimate of drug-likeness (QED) is 0.222. The summed E-state index contributed by atoms with van der Waals surface area (Å²) < 4.78 is 24.3. The maximum absolute atomic E-state index is 12.2. The number of esters is 2. The summed E-state index contributed by atoms with van der Waals surface area (Å²) in [4.78, 5) is 35.1. The van der Waals surface area contributed by atoms with E-state index in [2.05, 4.69) is 5.73 Å². The standard InChI is InChI=1S/C17H32N2O7/c1-9(2)5-11(18)16(23)25-8-14(22)15(13(21)7-20)26-17(24)12(19)6-10(3)4/h7,9-15,21-22H,5-6,8,18-19H2,1-4H3/t11-,12-,13-,14+,15-/m0/s1/i/hD2. The van der Waals surface area contributed by atoms with Gasteiger partial charge in [-0.05, 0) is 24.7 Å². The van der Waals surface area contributed by atoms with Crippen LogP contribution in [0.3, 0.4) is 0 Å². The molecule has 0 aromatic heterocycles. The predicted molar refractivity (Wildman–Crippen MR) is 93.8 cm³/mol. The summed E-state index contributed by atoms with van der Waals surface area (Å²) in [6.45, 7) is 6.73. The SMILES string of the molecule is [2H]N[C@@H](CC(C)C)C(=O)OC[C@@H](O)[C@@H](OC(=O)[C@H](CC(C)C)N[2H])[C@@H](O)C=O. The summed E-state index contributed by atoms with van der Waals surface area (Å²) in [5, 5.41) is 19.9. The highest BCUT2D eigenvalue weighted by Gasteiger charge is 2.33. The van der Waals surface area contributed by atoms with E-state index in [9.17, 15) is 24.6 Å². The second kappa shape index (κ2) is 11.9. The van der Waals surface area contributed by atoms with Crippen molar-refractivity contribution in [1.29, 1.82) is 0 Å². The monoisotopic (exact) mass is 378 g/mol. The molecule has 0 aromatic carbocycles. The molecule has 0 unspecified atom stereocenters. The van der Waals surface area contributed by atoms with Crippen LogP contribution in [-0.4, -0.2) is 65.4 Å². The van der Waals surface area contributed by atoms with Crippen LogP contribution in [0.15, 0.2) is 0 Å². The van der Waals surface area contributed by atoms with Crippen molar-refractivity contribution in [3.63, 3.8) is 0 Å². The molecule has 0 radical (unpaired) electrons. The van der Waals surface area contributed by atoms with Crippen molar-refractivity contribution < 1.29 is 36.9 Å². The Labute approximate surface area is 156 Å². The van der Waals surface area contributed by atoms with Crippen LogP contribution in [0.4, 0.5) is 0 Å². The van der Waals surface area contributed by atoms with Gasteiger partial charge >= 0.3 is 11.9 Å². The van der Waals surface area contributed by atoms with Gasteiger partial charge in [0.2, 0.25) is 0 Å². The Morgan fingerprint density at radius 1 is 1.04 bits per heavy atom. The fraction of sp³-hybridized carbons (Fsp3) is 0.824. The Balaban J connectivity index is 4.98. The molecule has 152 valence electrons. The van der Waals surface area contributed by atoms with E-state index in [0.717, 1.165) is 0 Å². The molecular formula is C17H32N2O7. The second-order valence-corrected chi connectivity index (χ2v) is 7.09. The number of carbonyl (C=O) groups excluding carboxylic acids is 3. The van der Waals surface area contributed by atoms with Gasteiger partial charge in [-0.25, -0.2) is 0 Å². The van der Waals surface area contributed by atoms with Gasteiger partial charge in [0.05, 0.1) is 0 Å². The van der Waals surface area contributed by atoms with Gasteiger partial charge in [-0.2, -0.15) is 0 Å². The van der Waals surface area contributed by atoms with Gasteiger partial charge in [-0.1, -0.05) is 27.7 Å². The second-order valence-electron chi connectivity index (χ2n) is 7.09. The number of carbonyl (C=O) groups is 3. The summed E-state index contributed by atoms with van der Waals surface area (Å²) in [6, 6.07) is -1.92. The summed E-state index contributed by atoms with van der Waals surface area (Å²) >= 11 is 0. The van der Waals surface area contributed by atoms with Crippen molar-refractivity contribution in [2.75, 3.05) is 6.61 Å². The van der Waals surface area contributed by atoms with E-state index in [0.29, 0.717) is 6.42 Å². The molecule has 9 nitrogen and oxygen atoms in total. The first-order valence-corrected chi connectivity index (χ1v) is 8.60. The highest BCUT2D eigenvalue weighted by molar-refractivity contribution is 5.76. The van der Waals surface area contributed by atoms with E-state index < -0.39 is 48.9 Å². The number of aliphatic hydroxyl groups excluding tert-OH is 2. The van der Waals surface area contributed by atoms with Gasteiger partial charge in [0.25, 0.3) is 0 Å². The van der Waals surface area contributed by atoms with Crippen LogP contribution in [0.5, 0.6) is 0 Å². The van der Waals surface area contributed by atoms with Crippen molar-refractivity contribution in [2.45, 2.75) is 70.9 Å². The largest absolute Gasteiger partial charge is 0.462 e. The van der Waals surface area contributed by atoms with Crippen LogP contribution in [0.25, 0.3) is 0 Å². The predicted octanol–water partition coefficient (Wildman–Crippen LogP) is -0.891. The fourth-order valence-electron chi connectivity index (χ4n) is 2.17. The lowest BCUT2D eigenvalue weighted by Crippen LogP contribution is -2.48. The molecule has 0 aliphatic rings. The third kappa shape index (κ3) is 9.23. The molecule has 0 rings (SSSR count). The summed E-state index contributed by atoms with van der Waals surface area (Å²) in [5.41, 5.74) is 4.10. The fourth-order valence-corrected chi connectivity index (χ4v) is 2.17. The van der Waals surface area contributed by atoms with E-state index in [1.807, 2.05) is 33.4 Å². The normalized spacial score (nSPS) is 18.3. The smallest absolute Gasteiger partial charge is 0.323 e. The van der Waals surface area contributed by atoms with Gasteiger partial charge in [-0.15, -0.1) is 0 Å². The number of aliphatic hydroxyl groups is 2. The lowest BCUT2D eigenvalue weighted by Gasteiger charge is -2.26. The third-order valence-electron chi connectivity index (χ3n) is 3.49. The zero-order valence-electron chi connectivity index (χ0n) is 17.7. The van der Waals surface area contributed by atoms with Gasteiger partial charge in [0.15, 0.2) is 12.4 Å². The Hall–Kier alpha value is -1.55. The summed E-state index contributed by atoms with van der Waals surface area (Å²) in [7, 11) is 0. The first-order valence-electron chi connectivity index (χ1n) is 9.60. The van der Waals surface area contributed by atoms with E-state index in [1.54, 1.807) is 0 Å². The van der Waals surface area contributed by atoms with Crippen LogP contribution in [-0.2, 0) is 23.9 Å². The lowest BCUT2D eigenvalue weighted by atomic mass is 10.0. The van der Waals surface area contributed by atoms with Crippen molar-refractivity contribution in [2.24, 2.45) is 23.3 Å². The van der Waals surface area contributed by atoms with Crippen LogP contribution in [0.2, 0.25) is 2.82 Å². The Kier molecular flexibility index (Phi) is 9.54. The van der Waals surface area contributed by atoms with E-state index in [-0.39, 0.29) is 24.5 Å². The topological polar surface area (TPSA) is 162 Å². The number of aldehydes is 1. The lowest BCUT2D eigenvalue weighted by molar-refractivity contribution is -0.172. The first-order chi connectivity index (χ1) is 13.1. The highest BCUT2D eigenvalue weighted by Crippen LogP contribution is 2.11. The maximum Gasteiger partial charge on any atom is 0.323 e. The minimum absolute atomic E-state index is 0.0611. The van der Waals surface area contributed by atoms with Crippen LogP contribution >= 0.6 is 0 Å². The zero-order chi connectivity index (χ0) is 21.9. The van der Waals surface area contributed by atoms with E-state index in [4.69, 9.17) is 12.3 Å². The van der Waals surface area contributed by atoms with E-state index in [1.165, 1.54) is 0 Å². The van der Waals surface area contributed by atoms with Crippen molar-refractivity contribution in [1.82, 2.24) is 0 Å². The van der Waals surface area contributed by atoms with Crippen molar-refractivity contribution in [3.8, 4) is 0 Å². The van der Waals surface area contributed by atoms with Gasteiger partial charge in [0.1, 0.15) is 33.7 Å². The summed E-state index contributed by atoms with van der Waals surface area (Å²) in [6.07, 6.45) is -4.51. The number of rotatable bonds is 14. The molecule has 0 saturated heterocycles. The third-order valence-corrected chi connectivity index (χ3v) is 3.49. The number of hydrogen-bond donors (Lipinski definition) is 4. The molecular weight excluding hydrogens is 344 g/mol. The van der Waals surface area contributed by atoms with Crippen LogP contribution in [0, 0.1) is 11.8 Å². The molecule has 0 fully saturated rings. The first kappa shape index (κ1) is 20.8. The van der Waals surface area contributed by atoms with Crippen LogP contribution < -0.4 is 11.5 Å². The maximum atomic E-state index is 12.2. The van der Waals surface area contributed by atoms with Crippen molar-refractivity contribution in [3.05, 3.63) is 0 Å². The number of hydrogen-bond acceptors (Lipinski definition) is 9. The molecule has 0 aliphatic carbocycles.